The Balaban J connectivity index is 1.87. The van der Waals surface area contributed by atoms with Crippen molar-refractivity contribution in [1.29, 1.82) is 0 Å². The fourth-order valence-electron chi connectivity index (χ4n) is 2.01. The van der Waals surface area contributed by atoms with Crippen LogP contribution in [0.3, 0.4) is 0 Å². The van der Waals surface area contributed by atoms with Crippen molar-refractivity contribution >= 4 is 11.6 Å². The second kappa shape index (κ2) is 5.14. The van der Waals surface area contributed by atoms with E-state index in [9.17, 15) is 0 Å². The van der Waals surface area contributed by atoms with Gasteiger partial charge in [-0.2, -0.15) is 0 Å². The first-order chi connectivity index (χ1) is 7.83. The van der Waals surface area contributed by atoms with Gasteiger partial charge in [0.05, 0.1) is 12.4 Å². The Morgan fingerprint density at radius 3 is 2.88 bits per heavy atom. The largest absolute Gasteiger partial charge is 0.369 e. The van der Waals surface area contributed by atoms with Crippen molar-refractivity contribution in [2.75, 3.05) is 17.2 Å². The van der Waals surface area contributed by atoms with Crippen LogP contribution in [0.15, 0.2) is 12.4 Å². The zero-order chi connectivity index (χ0) is 11.4. The topological polar surface area (TPSA) is 49.8 Å². The molecule has 1 aromatic heterocycles. The molecule has 1 saturated carbocycles. The summed E-state index contributed by atoms with van der Waals surface area (Å²) in [4.78, 5) is 8.62. The fourth-order valence-corrected chi connectivity index (χ4v) is 2.01. The molecule has 4 nitrogen and oxygen atoms in total. The SMILES string of the molecule is CCCC1CC1Nc1cncc(NCC)n1. The summed E-state index contributed by atoms with van der Waals surface area (Å²) in [5, 5.41) is 6.60. The van der Waals surface area contributed by atoms with Gasteiger partial charge in [-0.05, 0) is 25.7 Å². The van der Waals surface area contributed by atoms with Crippen LogP contribution in [-0.2, 0) is 0 Å². The predicted molar refractivity (Wildman–Crippen MR) is 66.6 cm³/mol. The highest BCUT2D eigenvalue weighted by molar-refractivity contribution is 5.43. The zero-order valence-electron chi connectivity index (χ0n) is 10.0. The van der Waals surface area contributed by atoms with E-state index < -0.39 is 0 Å². The van der Waals surface area contributed by atoms with Crippen molar-refractivity contribution in [3.63, 3.8) is 0 Å². The highest BCUT2D eigenvalue weighted by Gasteiger charge is 2.36. The Bertz CT molecular complexity index is 340. The van der Waals surface area contributed by atoms with Crippen molar-refractivity contribution in [3.8, 4) is 0 Å². The van der Waals surface area contributed by atoms with Crippen molar-refractivity contribution < 1.29 is 0 Å². The van der Waals surface area contributed by atoms with Gasteiger partial charge in [0, 0.05) is 12.6 Å². The van der Waals surface area contributed by atoms with E-state index in [1.807, 2.05) is 0 Å². The van der Waals surface area contributed by atoms with Gasteiger partial charge in [-0.25, -0.2) is 4.98 Å². The van der Waals surface area contributed by atoms with Crippen LogP contribution in [0.25, 0.3) is 0 Å². The molecule has 0 aromatic carbocycles. The predicted octanol–water partition coefficient (Wildman–Crippen LogP) is 2.51. The molecule has 0 spiro atoms. The molecule has 2 rings (SSSR count). The molecule has 2 N–H and O–H groups in total. The maximum Gasteiger partial charge on any atom is 0.147 e. The monoisotopic (exact) mass is 220 g/mol. The molecular weight excluding hydrogens is 200 g/mol. The smallest absolute Gasteiger partial charge is 0.147 e. The quantitative estimate of drug-likeness (QED) is 0.773. The van der Waals surface area contributed by atoms with Gasteiger partial charge in [-0.1, -0.05) is 13.3 Å². The fraction of sp³-hybridized carbons (Fsp3) is 0.667. The lowest BCUT2D eigenvalue weighted by molar-refractivity contribution is 0.692. The van der Waals surface area contributed by atoms with Crippen LogP contribution in [0.2, 0.25) is 0 Å². The Morgan fingerprint density at radius 1 is 1.31 bits per heavy atom. The van der Waals surface area contributed by atoms with Gasteiger partial charge in [0.1, 0.15) is 11.6 Å². The van der Waals surface area contributed by atoms with E-state index >= 15 is 0 Å². The van der Waals surface area contributed by atoms with E-state index in [4.69, 9.17) is 0 Å². The normalized spacial score (nSPS) is 22.9. The molecule has 1 aromatic rings. The Kier molecular flexibility index (Phi) is 3.59. The number of hydrogen-bond acceptors (Lipinski definition) is 4. The summed E-state index contributed by atoms with van der Waals surface area (Å²) in [5.74, 6) is 2.58. The van der Waals surface area contributed by atoms with Crippen LogP contribution in [0.5, 0.6) is 0 Å². The van der Waals surface area contributed by atoms with E-state index in [1.54, 1.807) is 12.4 Å². The molecule has 1 heterocycles. The minimum Gasteiger partial charge on any atom is -0.369 e. The maximum atomic E-state index is 4.45. The van der Waals surface area contributed by atoms with Crippen LogP contribution in [0.4, 0.5) is 11.6 Å². The molecule has 4 heteroatoms. The third-order valence-electron chi connectivity index (χ3n) is 2.91. The molecule has 0 aliphatic heterocycles. The molecule has 2 atom stereocenters. The van der Waals surface area contributed by atoms with Gasteiger partial charge in [-0.15, -0.1) is 0 Å². The molecule has 2 unspecified atom stereocenters. The summed E-state index contributed by atoms with van der Waals surface area (Å²) < 4.78 is 0. The zero-order valence-corrected chi connectivity index (χ0v) is 10.0. The number of aromatic nitrogens is 2. The Hall–Kier alpha value is -1.32. The molecule has 1 fully saturated rings. The molecule has 88 valence electrons. The highest BCUT2D eigenvalue weighted by Crippen LogP contribution is 2.36. The van der Waals surface area contributed by atoms with E-state index in [0.717, 1.165) is 24.1 Å². The van der Waals surface area contributed by atoms with Crippen molar-refractivity contribution in [2.45, 2.75) is 39.2 Å². The summed E-state index contributed by atoms with van der Waals surface area (Å²) >= 11 is 0. The lowest BCUT2D eigenvalue weighted by atomic mass is 10.2. The number of nitrogens with one attached hydrogen (secondary N) is 2. The number of rotatable bonds is 6. The average molecular weight is 220 g/mol. The van der Waals surface area contributed by atoms with Gasteiger partial charge < -0.3 is 10.6 Å². The first-order valence-corrected chi connectivity index (χ1v) is 6.16. The van der Waals surface area contributed by atoms with Crippen LogP contribution in [-0.4, -0.2) is 22.6 Å². The summed E-state index contributed by atoms with van der Waals surface area (Å²) in [6, 6.07) is 0.617. The second-order valence-electron chi connectivity index (χ2n) is 4.36. The molecule has 0 radical (unpaired) electrons. The second-order valence-corrected chi connectivity index (χ2v) is 4.36. The third-order valence-corrected chi connectivity index (χ3v) is 2.91. The van der Waals surface area contributed by atoms with Crippen LogP contribution < -0.4 is 10.6 Å². The summed E-state index contributed by atoms with van der Waals surface area (Å²) in [6.45, 7) is 5.17. The van der Waals surface area contributed by atoms with Gasteiger partial charge in [0.2, 0.25) is 0 Å². The average Bonchev–Trinajstić information content (AvgIpc) is 2.98. The van der Waals surface area contributed by atoms with Gasteiger partial charge in [0.25, 0.3) is 0 Å². The number of hydrogen-bond donors (Lipinski definition) is 2. The molecule has 1 aliphatic rings. The Morgan fingerprint density at radius 2 is 2.12 bits per heavy atom. The molecule has 16 heavy (non-hydrogen) atoms. The molecule has 0 amide bonds. The van der Waals surface area contributed by atoms with Crippen LogP contribution in [0.1, 0.15) is 33.1 Å². The molecule has 1 aliphatic carbocycles. The van der Waals surface area contributed by atoms with E-state index in [1.165, 1.54) is 19.3 Å². The van der Waals surface area contributed by atoms with Crippen molar-refractivity contribution in [3.05, 3.63) is 12.4 Å². The summed E-state index contributed by atoms with van der Waals surface area (Å²) in [5.41, 5.74) is 0. The van der Waals surface area contributed by atoms with Crippen molar-refractivity contribution in [1.82, 2.24) is 9.97 Å². The lowest BCUT2D eigenvalue weighted by Crippen LogP contribution is -2.08. The first kappa shape index (κ1) is 11.2. The minimum atomic E-state index is 0.617. The summed E-state index contributed by atoms with van der Waals surface area (Å²) in [6.07, 6.45) is 7.41. The number of anilines is 2. The minimum absolute atomic E-state index is 0.617. The summed E-state index contributed by atoms with van der Waals surface area (Å²) in [7, 11) is 0. The van der Waals surface area contributed by atoms with E-state index in [2.05, 4.69) is 34.4 Å². The van der Waals surface area contributed by atoms with Gasteiger partial charge in [0.15, 0.2) is 0 Å². The Labute approximate surface area is 96.9 Å². The number of nitrogens with zero attached hydrogens (tertiary/aromatic N) is 2. The van der Waals surface area contributed by atoms with E-state index in [-0.39, 0.29) is 0 Å². The standard InChI is InChI=1S/C12H20N4/c1-3-5-9-6-10(9)15-12-8-13-7-11(16-12)14-4-2/h7-10H,3-6H2,1-2H3,(H2,14,15,16). The van der Waals surface area contributed by atoms with E-state index in [0.29, 0.717) is 6.04 Å². The van der Waals surface area contributed by atoms with Crippen LogP contribution >= 0.6 is 0 Å². The van der Waals surface area contributed by atoms with Crippen LogP contribution in [0, 0.1) is 5.92 Å². The molecule has 0 saturated heterocycles. The molecular formula is C12H20N4. The van der Waals surface area contributed by atoms with Gasteiger partial charge >= 0.3 is 0 Å². The maximum absolute atomic E-state index is 4.45. The third kappa shape index (κ3) is 2.84. The first-order valence-electron chi connectivity index (χ1n) is 6.16. The van der Waals surface area contributed by atoms with Gasteiger partial charge in [-0.3, -0.25) is 4.98 Å². The van der Waals surface area contributed by atoms with Crippen molar-refractivity contribution in [2.24, 2.45) is 5.92 Å². The molecule has 0 bridgehead atoms. The highest BCUT2D eigenvalue weighted by atomic mass is 15.1. The lowest BCUT2D eigenvalue weighted by Gasteiger charge is -2.06.